The maximum Gasteiger partial charge on any atom is 0.227 e. The maximum absolute atomic E-state index is 12.9. The monoisotopic (exact) mass is 407 g/mol. The van der Waals surface area contributed by atoms with Gasteiger partial charge in [-0.25, -0.2) is 0 Å². The largest absolute Gasteiger partial charge is 0.353 e. The van der Waals surface area contributed by atoms with Crippen LogP contribution in [0.4, 0.5) is 0 Å². The molecule has 1 heterocycles. The van der Waals surface area contributed by atoms with Crippen molar-refractivity contribution in [1.82, 2.24) is 15.5 Å². The highest BCUT2D eigenvalue weighted by atomic mass is 16.5. The molecule has 4 bridgehead atoms. The van der Waals surface area contributed by atoms with Crippen LogP contribution in [0.5, 0.6) is 0 Å². The molecule has 4 fully saturated rings. The van der Waals surface area contributed by atoms with Gasteiger partial charge in [-0.3, -0.25) is 4.79 Å². The van der Waals surface area contributed by atoms with Gasteiger partial charge < -0.3 is 9.84 Å². The molecule has 0 saturated heterocycles. The van der Waals surface area contributed by atoms with Crippen LogP contribution in [0.2, 0.25) is 0 Å². The van der Waals surface area contributed by atoms with Gasteiger partial charge in [-0.2, -0.15) is 4.98 Å². The Balaban J connectivity index is 1.19. The van der Waals surface area contributed by atoms with E-state index >= 15 is 0 Å². The zero-order chi connectivity index (χ0) is 20.9. The molecule has 2 aromatic rings. The van der Waals surface area contributed by atoms with E-state index in [0.717, 1.165) is 17.4 Å². The summed E-state index contributed by atoms with van der Waals surface area (Å²) in [6.45, 7) is 6.28. The third kappa shape index (κ3) is 4.03. The fraction of sp³-hybridized carbons (Fsp3) is 0.640. The van der Waals surface area contributed by atoms with Crippen LogP contribution in [-0.2, 0) is 11.2 Å². The third-order valence-corrected chi connectivity index (χ3v) is 7.60. The highest BCUT2D eigenvalue weighted by molar-refractivity contribution is 5.77. The quantitative estimate of drug-likeness (QED) is 0.736. The van der Waals surface area contributed by atoms with E-state index in [1.54, 1.807) is 0 Å². The van der Waals surface area contributed by atoms with Gasteiger partial charge in [0.25, 0.3) is 0 Å². The summed E-state index contributed by atoms with van der Waals surface area (Å²) >= 11 is 0. The second-order valence-electron chi connectivity index (χ2n) is 10.9. The van der Waals surface area contributed by atoms with Crippen LogP contribution in [0.25, 0.3) is 11.4 Å². The van der Waals surface area contributed by atoms with Crippen LogP contribution >= 0.6 is 0 Å². The van der Waals surface area contributed by atoms with Crippen molar-refractivity contribution in [2.45, 2.75) is 71.8 Å². The zero-order valence-electron chi connectivity index (χ0n) is 18.4. The molecule has 1 amide bonds. The molecular formula is C25H33N3O2. The summed E-state index contributed by atoms with van der Waals surface area (Å²) in [5.41, 5.74) is 1.93. The number of rotatable bonds is 6. The number of benzene rings is 1. The van der Waals surface area contributed by atoms with Crippen molar-refractivity contribution in [3.63, 3.8) is 0 Å². The lowest BCUT2D eigenvalue weighted by molar-refractivity contribution is -0.127. The summed E-state index contributed by atoms with van der Waals surface area (Å²) in [5.74, 6) is 4.66. The van der Waals surface area contributed by atoms with E-state index in [1.807, 2.05) is 24.3 Å². The molecule has 1 aromatic carbocycles. The predicted molar refractivity (Wildman–Crippen MR) is 116 cm³/mol. The SMILES string of the molecule is Cc1ccc(-c2noc(CC(C)(C)CC(=O)NC3C4CC5CC(C4)CC3C5)n2)cc1. The number of carbonyl (C=O) groups excluding carboxylic acids is 1. The Labute approximate surface area is 179 Å². The van der Waals surface area contributed by atoms with Crippen molar-refractivity contribution in [3.05, 3.63) is 35.7 Å². The van der Waals surface area contributed by atoms with Crippen LogP contribution in [0.1, 0.15) is 63.8 Å². The average Bonchev–Trinajstić information content (AvgIpc) is 3.12. The first-order chi connectivity index (χ1) is 14.3. The molecule has 5 heteroatoms. The van der Waals surface area contributed by atoms with Gasteiger partial charge in [-0.05, 0) is 68.1 Å². The summed E-state index contributed by atoms with van der Waals surface area (Å²) in [5, 5.41) is 7.57. The van der Waals surface area contributed by atoms with Crippen LogP contribution in [0, 0.1) is 36.0 Å². The van der Waals surface area contributed by atoms with Crippen LogP contribution in [0.15, 0.2) is 28.8 Å². The number of aryl methyl sites for hydroxylation is 1. The summed E-state index contributed by atoms with van der Waals surface area (Å²) in [6, 6.07) is 8.51. The topological polar surface area (TPSA) is 68.0 Å². The predicted octanol–water partition coefficient (Wildman–Crippen LogP) is 4.94. The number of nitrogens with zero attached hydrogens (tertiary/aromatic N) is 2. The van der Waals surface area contributed by atoms with Crippen molar-refractivity contribution < 1.29 is 9.32 Å². The van der Waals surface area contributed by atoms with Crippen molar-refractivity contribution in [1.29, 1.82) is 0 Å². The zero-order valence-corrected chi connectivity index (χ0v) is 18.4. The van der Waals surface area contributed by atoms with E-state index in [-0.39, 0.29) is 11.3 Å². The molecule has 0 aliphatic heterocycles. The molecule has 0 atom stereocenters. The number of carbonyl (C=O) groups is 1. The summed E-state index contributed by atoms with van der Waals surface area (Å²) in [7, 11) is 0. The lowest BCUT2D eigenvalue weighted by Gasteiger charge is -2.54. The van der Waals surface area contributed by atoms with E-state index in [0.29, 0.717) is 42.4 Å². The number of nitrogens with one attached hydrogen (secondary N) is 1. The van der Waals surface area contributed by atoms with E-state index in [4.69, 9.17) is 4.52 Å². The number of aromatic nitrogens is 2. The molecule has 0 unspecified atom stereocenters. The van der Waals surface area contributed by atoms with Crippen LogP contribution in [0.3, 0.4) is 0 Å². The van der Waals surface area contributed by atoms with Gasteiger partial charge >= 0.3 is 0 Å². The van der Waals surface area contributed by atoms with Crippen molar-refractivity contribution in [3.8, 4) is 11.4 Å². The van der Waals surface area contributed by atoms with Gasteiger partial charge in [0.1, 0.15) is 0 Å². The molecule has 0 spiro atoms. The van der Waals surface area contributed by atoms with Gasteiger partial charge in [0, 0.05) is 24.4 Å². The molecule has 1 N–H and O–H groups in total. The Morgan fingerprint density at radius 3 is 2.33 bits per heavy atom. The minimum absolute atomic E-state index is 0.177. The van der Waals surface area contributed by atoms with Gasteiger partial charge in [-0.15, -0.1) is 0 Å². The number of hydrogen-bond acceptors (Lipinski definition) is 4. The van der Waals surface area contributed by atoms with Crippen LogP contribution in [-0.4, -0.2) is 22.1 Å². The van der Waals surface area contributed by atoms with Crippen LogP contribution < -0.4 is 5.32 Å². The molecule has 6 rings (SSSR count). The van der Waals surface area contributed by atoms with Crippen molar-refractivity contribution >= 4 is 5.91 Å². The fourth-order valence-electron chi connectivity index (χ4n) is 6.45. The van der Waals surface area contributed by atoms with Gasteiger partial charge in [0.15, 0.2) is 0 Å². The lowest BCUT2D eigenvalue weighted by atomic mass is 9.54. The van der Waals surface area contributed by atoms with Crippen molar-refractivity contribution in [2.24, 2.45) is 29.1 Å². The molecule has 4 aliphatic carbocycles. The first-order valence-electron chi connectivity index (χ1n) is 11.5. The van der Waals surface area contributed by atoms with Gasteiger partial charge in [0.2, 0.25) is 17.6 Å². The number of hydrogen-bond donors (Lipinski definition) is 1. The fourth-order valence-corrected chi connectivity index (χ4v) is 6.45. The Morgan fingerprint density at radius 2 is 1.70 bits per heavy atom. The Kier molecular flexibility index (Phi) is 4.95. The molecule has 160 valence electrons. The summed E-state index contributed by atoms with van der Waals surface area (Å²) in [4.78, 5) is 17.5. The molecule has 5 nitrogen and oxygen atoms in total. The third-order valence-electron chi connectivity index (χ3n) is 7.60. The summed E-state index contributed by atoms with van der Waals surface area (Å²) in [6.07, 6.45) is 7.82. The normalized spacial score (nSPS) is 29.9. The van der Waals surface area contributed by atoms with Crippen molar-refractivity contribution in [2.75, 3.05) is 0 Å². The Hall–Kier alpha value is -2.17. The highest BCUT2D eigenvalue weighted by Gasteiger charge is 2.48. The first-order valence-corrected chi connectivity index (χ1v) is 11.5. The second-order valence-corrected chi connectivity index (χ2v) is 10.9. The number of amides is 1. The Morgan fingerprint density at radius 1 is 1.07 bits per heavy atom. The van der Waals surface area contributed by atoms with E-state index in [9.17, 15) is 4.79 Å². The minimum Gasteiger partial charge on any atom is -0.353 e. The first kappa shape index (κ1) is 19.8. The highest BCUT2D eigenvalue weighted by Crippen LogP contribution is 2.53. The molecule has 4 saturated carbocycles. The summed E-state index contributed by atoms with van der Waals surface area (Å²) < 4.78 is 5.50. The smallest absolute Gasteiger partial charge is 0.227 e. The second kappa shape index (κ2) is 7.51. The van der Waals surface area contributed by atoms with E-state index in [2.05, 4.69) is 36.2 Å². The minimum atomic E-state index is -0.229. The maximum atomic E-state index is 12.9. The molecular weight excluding hydrogens is 374 g/mol. The molecule has 0 radical (unpaired) electrons. The van der Waals surface area contributed by atoms with Gasteiger partial charge in [0.05, 0.1) is 0 Å². The molecule has 1 aromatic heterocycles. The molecule has 4 aliphatic rings. The van der Waals surface area contributed by atoms with E-state index in [1.165, 1.54) is 37.7 Å². The standard InChI is InChI=1S/C25H33N3O2/c1-15-4-6-18(7-5-15)24-27-22(30-28-24)14-25(2,3)13-21(29)26-23-19-9-16-8-17(11-19)12-20(23)10-16/h4-7,16-17,19-20,23H,8-14H2,1-3H3,(H,26,29). The Bertz CT molecular complexity index is 887. The average molecular weight is 408 g/mol. The van der Waals surface area contributed by atoms with E-state index < -0.39 is 0 Å². The molecule has 30 heavy (non-hydrogen) atoms. The van der Waals surface area contributed by atoms with Gasteiger partial charge in [-0.1, -0.05) is 48.8 Å². The lowest BCUT2D eigenvalue weighted by Crippen LogP contribution is -2.56.